The van der Waals surface area contributed by atoms with E-state index < -0.39 is 6.04 Å². The van der Waals surface area contributed by atoms with Crippen molar-refractivity contribution >= 4 is 22.6 Å². The van der Waals surface area contributed by atoms with Crippen LogP contribution in [0, 0.1) is 0 Å². The van der Waals surface area contributed by atoms with Crippen LogP contribution in [0.25, 0.3) is 10.9 Å². The van der Waals surface area contributed by atoms with Crippen LogP contribution >= 0.6 is 0 Å². The molecular weight excluding hydrogens is 378 g/mol. The number of nitrogens with one attached hydrogen (secondary N) is 1. The summed E-state index contributed by atoms with van der Waals surface area (Å²) in [6.07, 6.45) is 3.37. The Balaban J connectivity index is 1.72. The van der Waals surface area contributed by atoms with Crippen molar-refractivity contribution in [1.82, 2.24) is 9.97 Å². The summed E-state index contributed by atoms with van der Waals surface area (Å²) < 4.78 is 5.03. The Bertz CT molecular complexity index is 1160. The fourth-order valence-electron chi connectivity index (χ4n) is 3.32. The highest BCUT2D eigenvalue weighted by atomic mass is 16.5. The number of hydrogen-bond acceptors (Lipinski definition) is 6. The Morgan fingerprint density at radius 3 is 2.53 bits per heavy atom. The maximum Gasteiger partial charge on any atom is 0.338 e. The highest BCUT2D eigenvalue weighted by Crippen LogP contribution is 2.35. The molecule has 0 bridgehead atoms. The molecule has 0 aliphatic heterocycles. The first kappa shape index (κ1) is 19.4. The van der Waals surface area contributed by atoms with E-state index in [9.17, 15) is 9.90 Å². The number of benzene rings is 2. The van der Waals surface area contributed by atoms with Crippen molar-refractivity contribution in [3.63, 3.8) is 0 Å². The third kappa shape index (κ3) is 3.93. The number of carbonyl (C=O) groups is 1. The molecule has 2 aromatic heterocycles. The second-order valence-electron chi connectivity index (χ2n) is 6.71. The maximum atomic E-state index is 11.9. The molecule has 6 heteroatoms. The van der Waals surface area contributed by atoms with Gasteiger partial charge in [0.25, 0.3) is 0 Å². The number of esters is 1. The molecular formula is C24H21N3O3. The normalized spacial score (nSPS) is 11.8. The second-order valence-corrected chi connectivity index (χ2v) is 6.71. The maximum absolute atomic E-state index is 11.9. The Morgan fingerprint density at radius 1 is 1.00 bits per heavy atom. The van der Waals surface area contributed by atoms with Crippen LogP contribution in [0.2, 0.25) is 0 Å². The minimum Gasteiger partial charge on any atom is -0.505 e. The molecule has 4 rings (SSSR count). The van der Waals surface area contributed by atoms with Gasteiger partial charge in [-0.05, 0) is 49.4 Å². The number of phenolic OH excluding ortho intramolecular Hbond substituents is 1. The van der Waals surface area contributed by atoms with E-state index in [2.05, 4.69) is 15.3 Å². The molecule has 0 fully saturated rings. The van der Waals surface area contributed by atoms with Crippen molar-refractivity contribution in [3.8, 4) is 5.75 Å². The number of ether oxygens (including phenoxy) is 1. The summed E-state index contributed by atoms with van der Waals surface area (Å²) in [5, 5.41) is 15.2. The van der Waals surface area contributed by atoms with Gasteiger partial charge in [0.2, 0.25) is 0 Å². The van der Waals surface area contributed by atoms with Crippen LogP contribution in [0.1, 0.15) is 34.6 Å². The molecule has 2 heterocycles. The van der Waals surface area contributed by atoms with Gasteiger partial charge in [0.05, 0.1) is 23.9 Å². The molecule has 0 amide bonds. The number of aromatic hydroxyl groups is 1. The summed E-state index contributed by atoms with van der Waals surface area (Å²) in [7, 11) is 0. The van der Waals surface area contributed by atoms with Gasteiger partial charge < -0.3 is 15.2 Å². The first-order valence-electron chi connectivity index (χ1n) is 9.68. The molecule has 4 aromatic rings. The molecule has 0 saturated carbocycles. The van der Waals surface area contributed by atoms with Crippen LogP contribution in [0.4, 0.5) is 5.69 Å². The van der Waals surface area contributed by atoms with Crippen molar-refractivity contribution in [3.05, 3.63) is 95.9 Å². The fraction of sp³-hybridized carbons (Fsp3) is 0.125. The standard InChI is InChI=1S/C24H21N3O3/c1-2-30-24(29)17-8-11-18(12-9-17)27-22(20-7-3-4-14-25-20)19-13-10-16-6-5-15-26-21(16)23(19)28/h3-15,22,27-28H,2H2,1H3/t22-/m0/s1. The molecule has 0 unspecified atom stereocenters. The predicted octanol–water partition coefficient (Wildman–Crippen LogP) is 4.71. The monoisotopic (exact) mass is 399 g/mol. The summed E-state index contributed by atoms with van der Waals surface area (Å²) in [6.45, 7) is 2.10. The molecule has 0 radical (unpaired) electrons. The lowest BCUT2D eigenvalue weighted by Crippen LogP contribution is -2.14. The van der Waals surface area contributed by atoms with Crippen LogP contribution in [-0.2, 0) is 4.74 Å². The summed E-state index contributed by atoms with van der Waals surface area (Å²) >= 11 is 0. The van der Waals surface area contributed by atoms with Gasteiger partial charge in [0, 0.05) is 29.0 Å². The molecule has 30 heavy (non-hydrogen) atoms. The number of aromatic nitrogens is 2. The molecule has 0 aliphatic carbocycles. The van der Waals surface area contributed by atoms with Gasteiger partial charge in [0.1, 0.15) is 11.3 Å². The summed E-state index contributed by atoms with van der Waals surface area (Å²) in [4.78, 5) is 20.7. The number of nitrogens with zero attached hydrogens (tertiary/aromatic N) is 2. The largest absolute Gasteiger partial charge is 0.505 e. The average Bonchev–Trinajstić information content (AvgIpc) is 2.79. The van der Waals surface area contributed by atoms with E-state index in [-0.39, 0.29) is 11.7 Å². The van der Waals surface area contributed by atoms with E-state index in [4.69, 9.17) is 4.74 Å². The van der Waals surface area contributed by atoms with Crippen molar-refractivity contribution in [1.29, 1.82) is 0 Å². The van der Waals surface area contributed by atoms with E-state index in [1.54, 1.807) is 43.6 Å². The summed E-state index contributed by atoms with van der Waals surface area (Å²) in [5.41, 5.74) is 3.20. The molecule has 1 atom stereocenters. The smallest absolute Gasteiger partial charge is 0.338 e. The topological polar surface area (TPSA) is 84.3 Å². The van der Waals surface area contributed by atoms with Crippen LogP contribution < -0.4 is 5.32 Å². The van der Waals surface area contributed by atoms with Gasteiger partial charge >= 0.3 is 5.97 Å². The number of hydrogen-bond donors (Lipinski definition) is 2. The second kappa shape index (κ2) is 8.61. The Labute approximate surface area is 174 Å². The Kier molecular flexibility index (Phi) is 5.57. The van der Waals surface area contributed by atoms with Crippen molar-refractivity contribution in [2.24, 2.45) is 0 Å². The van der Waals surface area contributed by atoms with E-state index >= 15 is 0 Å². The molecule has 2 N–H and O–H groups in total. The first-order valence-corrected chi connectivity index (χ1v) is 9.68. The summed E-state index contributed by atoms with van der Waals surface area (Å²) in [6, 6.07) is 19.8. The fourth-order valence-corrected chi connectivity index (χ4v) is 3.32. The van der Waals surface area contributed by atoms with E-state index in [0.29, 0.717) is 23.3 Å². The van der Waals surface area contributed by atoms with Crippen LogP contribution in [0.3, 0.4) is 0 Å². The molecule has 0 saturated heterocycles. The lowest BCUT2D eigenvalue weighted by Gasteiger charge is -2.21. The average molecular weight is 399 g/mol. The van der Waals surface area contributed by atoms with Crippen LogP contribution in [0.5, 0.6) is 5.75 Å². The van der Waals surface area contributed by atoms with Crippen LogP contribution in [0.15, 0.2) is 79.1 Å². The Morgan fingerprint density at radius 2 is 1.80 bits per heavy atom. The van der Waals surface area contributed by atoms with Gasteiger partial charge in [-0.15, -0.1) is 0 Å². The summed E-state index contributed by atoms with van der Waals surface area (Å²) in [5.74, 6) is -0.247. The highest BCUT2D eigenvalue weighted by molar-refractivity contribution is 5.90. The van der Waals surface area contributed by atoms with E-state index in [0.717, 1.165) is 16.8 Å². The Hall–Kier alpha value is -3.93. The van der Waals surface area contributed by atoms with Gasteiger partial charge in [-0.25, -0.2) is 4.79 Å². The van der Waals surface area contributed by atoms with E-state index in [1.807, 2.05) is 42.5 Å². The highest BCUT2D eigenvalue weighted by Gasteiger charge is 2.21. The zero-order valence-corrected chi connectivity index (χ0v) is 16.4. The third-order valence-corrected chi connectivity index (χ3v) is 4.78. The van der Waals surface area contributed by atoms with Crippen molar-refractivity contribution in [2.45, 2.75) is 13.0 Å². The predicted molar refractivity (Wildman–Crippen MR) is 116 cm³/mol. The quantitative estimate of drug-likeness (QED) is 0.457. The number of anilines is 1. The number of phenols is 1. The lowest BCUT2D eigenvalue weighted by molar-refractivity contribution is 0.0526. The molecule has 150 valence electrons. The van der Waals surface area contributed by atoms with Gasteiger partial charge in [-0.1, -0.05) is 24.3 Å². The molecule has 2 aromatic carbocycles. The van der Waals surface area contributed by atoms with E-state index in [1.165, 1.54) is 0 Å². The zero-order valence-electron chi connectivity index (χ0n) is 16.4. The third-order valence-electron chi connectivity index (χ3n) is 4.78. The van der Waals surface area contributed by atoms with Gasteiger partial charge in [-0.3, -0.25) is 9.97 Å². The van der Waals surface area contributed by atoms with Gasteiger partial charge in [0.15, 0.2) is 0 Å². The van der Waals surface area contributed by atoms with Gasteiger partial charge in [-0.2, -0.15) is 0 Å². The zero-order chi connectivity index (χ0) is 20.9. The molecule has 0 aliphatic rings. The van der Waals surface area contributed by atoms with Crippen molar-refractivity contribution < 1.29 is 14.6 Å². The van der Waals surface area contributed by atoms with Crippen LogP contribution in [-0.4, -0.2) is 27.7 Å². The first-order chi connectivity index (χ1) is 14.7. The molecule has 6 nitrogen and oxygen atoms in total. The molecule has 0 spiro atoms. The lowest BCUT2D eigenvalue weighted by atomic mass is 9.99. The number of pyridine rings is 2. The van der Waals surface area contributed by atoms with Crippen molar-refractivity contribution in [2.75, 3.05) is 11.9 Å². The number of rotatable bonds is 6. The SMILES string of the molecule is CCOC(=O)c1ccc(N[C@H](c2ccccn2)c2ccc3cccnc3c2O)cc1. The number of carbonyl (C=O) groups excluding carboxylic acids is 1. The minimum absolute atomic E-state index is 0.111. The minimum atomic E-state index is -0.411. The number of fused-ring (bicyclic) bond motifs is 1.